The van der Waals surface area contributed by atoms with Gasteiger partial charge in [0, 0.05) is 11.8 Å². The number of hydrogen-bond acceptors (Lipinski definition) is 3. The van der Waals surface area contributed by atoms with E-state index in [0.29, 0.717) is 35.0 Å². The Kier molecular flexibility index (Phi) is 7.01. The Labute approximate surface area is 214 Å². The van der Waals surface area contributed by atoms with Crippen LogP contribution < -0.4 is 4.90 Å². The van der Waals surface area contributed by atoms with Gasteiger partial charge in [0.05, 0.1) is 12.3 Å². The number of rotatable bonds is 6. The number of carbonyl (C=O) groups excluding carboxylic acids is 1. The lowest BCUT2D eigenvalue weighted by Gasteiger charge is -2.24. The van der Waals surface area contributed by atoms with Gasteiger partial charge >= 0.3 is 6.09 Å². The van der Waals surface area contributed by atoms with Crippen molar-refractivity contribution in [3.05, 3.63) is 78.9 Å². The van der Waals surface area contributed by atoms with Crippen LogP contribution in [-0.4, -0.2) is 21.9 Å². The summed E-state index contributed by atoms with van der Waals surface area (Å²) in [6.45, 7) is 4.39. The number of ether oxygens (including phenoxy) is 1. The number of unbranched alkanes of at least 4 members (excludes halogenated alkanes) is 1. The molecule has 0 N–H and O–H groups in total. The highest BCUT2D eigenvalue weighted by molar-refractivity contribution is 7.66. The lowest BCUT2D eigenvalue weighted by atomic mass is 9.97. The van der Waals surface area contributed by atoms with Crippen LogP contribution in [0.4, 0.5) is 10.5 Å². The van der Waals surface area contributed by atoms with Crippen LogP contribution >= 0.6 is 0 Å². The maximum Gasteiger partial charge on any atom is 0.419 e. The second-order valence-corrected chi connectivity index (χ2v) is 9.76. The molecule has 0 radical (unpaired) electrons. The van der Waals surface area contributed by atoms with Gasteiger partial charge in [-0.05, 0) is 93.0 Å². The molecule has 5 aromatic rings. The summed E-state index contributed by atoms with van der Waals surface area (Å²) in [6, 6.07) is 27.4. The summed E-state index contributed by atoms with van der Waals surface area (Å²) < 4.78 is 17.7. The highest BCUT2D eigenvalue weighted by Gasteiger charge is 2.24. The summed E-state index contributed by atoms with van der Waals surface area (Å²) in [5.41, 5.74) is 0.682. The molecule has 0 saturated carbocycles. The smallest absolute Gasteiger partial charge is 0.419 e. The summed E-state index contributed by atoms with van der Waals surface area (Å²) in [7, 11) is 0. The van der Waals surface area contributed by atoms with E-state index in [1.165, 1.54) is 26.4 Å². The van der Waals surface area contributed by atoms with Crippen LogP contribution in [0.1, 0.15) is 39.5 Å². The molecule has 5 rings (SSSR count). The van der Waals surface area contributed by atoms with Crippen molar-refractivity contribution >= 4 is 71.1 Å². The molecular formula is C31H29NO3S. The third kappa shape index (κ3) is 4.59. The summed E-state index contributed by atoms with van der Waals surface area (Å²) in [6.07, 6.45) is 2.50. The Morgan fingerprint density at radius 2 is 1.33 bits per heavy atom. The third-order valence-electron chi connectivity index (χ3n) is 6.59. The van der Waals surface area contributed by atoms with Gasteiger partial charge < -0.3 is 4.74 Å². The molecule has 0 aromatic heterocycles. The van der Waals surface area contributed by atoms with Gasteiger partial charge in [-0.1, -0.05) is 56.7 Å². The van der Waals surface area contributed by atoms with Crippen molar-refractivity contribution < 1.29 is 13.7 Å². The summed E-state index contributed by atoms with van der Waals surface area (Å²) in [4.78, 5) is 15.2. The number of benzene rings is 5. The van der Waals surface area contributed by atoms with E-state index in [4.69, 9.17) is 4.74 Å². The molecular weight excluding hydrogens is 466 g/mol. The first-order valence-corrected chi connectivity index (χ1v) is 13.3. The Hall–Kier alpha value is -3.70. The van der Waals surface area contributed by atoms with Crippen molar-refractivity contribution in [2.75, 3.05) is 11.5 Å². The fourth-order valence-corrected chi connectivity index (χ4v) is 5.29. The number of anilines is 1. The van der Waals surface area contributed by atoms with Crippen molar-refractivity contribution in [3.63, 3.8) is 0 Å². The second kappa shape index (κ2) is 10.5. The number of carbonyl (C=O) groups is 1. The summed E-state index contributed by atoms with van der Waals surface area (Å²) >= 11 is 0.372. The highest BCUT2D eigenvalue weighted by Crippen LogP contribution is 2.34. The number of hydrogen-bond donors (Lipinski definition) is 0. The maximum absolute atomic E-state index is 13.2. The molecule has 0 aliphatic heterocycles. The molecule has 182 valence electrons. The molecule has 0 atom stereocenters. The molecule has 4 nitrogen and oxygen atoms in total. The molecule has 0 spiro atoms. The van der Waals surface area contributed by atoms with Crippen molar-refractivity contribution in [1.29, 1.82) is 0 Å². The molecule has 5 heteroatoms. The quantitative estimate of drug-likeness (QED) is 0.136. The standard InChI is InChI=1S/C31H29NO3S/c1-3-5-14-35-31(33)32(30(36-34)9-4-2)29-13-8-12-23-17-26-18-24-15-21-10-6-7-11-22(21)16-25(24)19-27(26)20-28(23)29/h6-8,10-13,15-20H,3-5,9,14H2,1-2H3. The van der Waals surface area contributed by atoms with Crippen LogP contribution in [0.15, 0.2) is 78.9 Å². The van der Waals surface area contributed by atoms with E-state index in [0.717, 1.165) is 40.8 Å². The SMILES string of the molecule is CCCCOC(=O)N(C(CCC)=S=O)c1cccc2cc3cc4cc5ccccc5cc4cc3cc12. The van der Waals surface area contributed by atoms with Crippen LogP contribution in [0.2, 0.25) is 0 Å². The van der Waals surface area contributed by atoms with E-state index >= 15 is 0 Å². The average molecular weight is 496 g/mol. The Morgan fingerprint density at radius 3 is 1.94 bits per heavy atom. The molecule has 0 fully saturated rings. The molecule has 36 heavy (non-hydrogen) atoms. The van der Waals surface area contributed by atoms with Gasteiger partial charge in [-0.15, -0.1) is 0 Å². The fraction of sp³-hybridized carbons (Fsp3) is 0.226. The minimum Gasteiger partial charge on any atom is -0.449 e. The average Bonchev–Trinajstić information content (AvgIpc) is 2.89. The van der Waals surface area contributed by atoms with Gasteiger partial charge in [-0.3, -0.25) is 0 Å². The molecule has 0 bridgehead atoms. The predicted octanol–water partition coefficient (Wildman–Crippen LogP) is 8.19. The lowest BCUT2D eigenvalue weighted by molar-refractivity contribution is 0.155. The molecule has 0 aliphatic carbocycles. The second-order valence-electron chi connectivity index (χ2n) is 9.13. The Morgan fingerprint density at radius 1 is 0.750 bits per heavy atom. The van der Waals surface area contributed by atoms with Crippen molar-refractivity contribution in [2.45, 2.75) is 39.5 Å². The van der Waals surface area contributed by atoms with E-state index < -0.39 is 6.09 Å². The van der Waals surface area contributed by atoms with Gasteiger partial charge in [0.15, 0.2) is 0 Å². The van der Waals surface area contributed by atoms with Crippen LogP contribution in [-0.2, 0) is 16.0 Å². The molecule has 0 unspecified atom stereocenters. The van der Waals surface area contributed by atoms with Crippen molar-refractivity contribution in [1.82, 2.24) is 0 Å². The van der Waals surface area contributed by atoms with E-state index in [2.05, 4.69) is 67.6 Å². The molecule has 5 aromatic carbocycles. The van der Waals surface area contributed by atoms with E-state index in [1.54, 1.807) is 0 Å². The van der Waals surface area contributed by atoms with E-state index in [-0.39, 0.29) is 0 Å². The molecule has 1 amide bonds. The molecule has 0 heterocycles. The maximum atomic E-state index is 13.2. The van der Waals surface area contributed by atoms with Crippen molar-refractivity contribution in [3.8, 4) is 0 Å². The zero-order valence-electron chi connectivity index (χ0n) is 20.6. The van der Waals surface area contributed by atoms with Crippen LogP contribution in [0.5, 0.6) is 0 Å². The zero-order valence-corrected chi connectivity index (χ0v) is 21.4. The first-order valence-electron chi connectivity index (χ1n) is 12.5. The largest absolute Gasteiger partial charge is 0.449 e. The van der Waals surface area contributed by atoms with E-state index in [1.807, 2.05) is 25.1 Å². The minimum atomic E-state index is -0.493. The zero-order chi connectivity index (χ0) is 25.1. The Balaban J connectivity index is 1.69. The topological polar surface area (TPSA) is 46.6 Å². The summed E-state index contributed by atoms with van der Waals surface area (Å²) in [5.74, 6) is 0. The third-order valence-corrected chi connectivity index (χ3v) is 7.17. The number of fused-ring (bicyclic) bond motifs is 4. The van der Waals surface area contributed by atoms with Gasteiger partial charge in [-0.2, -0.15) is 0 Å². The fourth-order valence-electron chi connectivity index (χ4n) is 4.76. The van der Waals surface area contributed by atoms with Gasteiger partial charge in [0.2, 0.25) is 0 Å². The van der Waals surface area contributed by atoms with Gasteiger partial charge in [-0.25, -0.2) is 13.9 Å². The minimum absolute atomic E-state index is 0.336. The van der Waals surface area contributed by atoms with Crippen LogP contribution in [0.25, 0.3) is 43.1 Å². The van der Waals surface area contributed by atoms with Crippen LogP contribution in [0.3, 0.4) is 0 Å². The van der Waals surface area contributed by atoms with E-state index in [9.17, 15) is 9.00 Å². The van der Waals surface area contributed by atoms with Crippen LogP contribution in [0, 0.1) is 0 Å². The van der Waals surface area contributed by atoms with Crippen molar-refractivity contribution in [2.24, 2.45) is 0 Å². The first-order chi connectivity index (χ1) is 17.6. The monoisotopic (exact) mass is 495 g/mol. The molecule has 0 saturated heterocycles. The van der Waals surface area contributed by atoms with Gasteiger partial charge in [0.25, 0.3) is 0 Å². The normalized spacial score (nSPS) is 11.3. The Bertz CT molecular complexity index is 1650. The number of nitrogens with zero attached hydrogens (tertiary/aromatic N) is 1. The highest BCUT2D eigenvalue weighted by atomic mass is 32.1. The first kappa shape index (κ1) is 24.0. The summed E-state index contributed by atoms with van der Waals surface area (Å²) in [5, 5.41) is 8.94. The van der Waals surface area contributed by atoms with Gasteiger partial charge in [0.1, 0.15) is 16.2 Å². The molecule has 0 aliphatic rings. The number of amides is 1. The lowest BCUT2D eigenvalue weighted by Crippen LogP contribution is -2.37. The predicted molar refractivity (Wildman–Crippen MR) is 153 cm³/mol.